The summed E-state index contributed by atoms with van der Waals surface area (Å²) in [6.45, 7) is 10.6. The van der Waals surface area contributed by atoms with Gasteiger partial charge >= 0.3 is 0 Å². The first-order valence-corrected chi connectivity index (χ1v) is 6.79. The predicted octanol–water partition coefficient (Wildman–Crippen LogP) is 4.71. The van der Waals surface area contributed by atoms with Crippen molar-refractivity contribution < 1.29 is 0 Å². The van der Waals surface area contributed by atoms with Crippen molar-refractivity contribution in [3.05, 3.63) is 46.1 Å². The van der Waals surface area contributed by atoms with E-state index in [1.807, 2.05) is 13.8 Å². The Bertz CT molecular complexity index is 595. The molecule has 0 bridgehead atoms. The SMILES string of the molecule is Cc1c(Cl)nnc(-c2ccc(C(C)(C)C)cc2)c1C. The Morgan fingerprint density at radius 3 is 2.00 bits per heavy atom. The molecule has 1 heterocycles. The van der Waals surface area contributed by atoms with Crippen molar-refractivity contribution in [3.63, 3.8) is 0 Å². The third-order valence-corrected chi connectivity index (χ3v) is 3.85. The second-order valence-electron chi connectivity index (χ2n) is 5.92. The van der Waals surface area contributed by atoms with Crippen LogP contribution in [-0.2, 0) is 5.41 Å². The fourth-order valence-electron chi connectivity index (χ4n) is 1.98. The van der Waals surface area contributed by atoms with Crippen molar-refractivity contribution in [1.82, 2.24) is 10.2 Å². The largest absolute Gasteiger partial charge is 0.154 e. The lowest BCUT2D eigenvalue weighted by atomic mass is 9.86. The highest BCUT2D eigenvalue weighted by Gasteiger charge is 2.14. The van der Waals surface area contributed by atoms with Crippen molar-refractivity contribution >= 4 is 11.6 Å². The minimum Gasteiger partial charge on any atom is -0.149 e. The Morgan fingerprint density at radius 1 is 0.895 bits per heavy atom. The van der Waals surface area contributed by atoms with E-state index < -0.39 is 0 Å². The van der Waals surface area contributed by atoms with Crippen LogP contribution in [0.2, 0.25) is 5.15 Å². The molecule has 1 aromatic carbocycles. The number of aromatic nitrogens is 2. The summed E-state index contributed by atoms with van der Waals surface area (Å²) in [5.41, 5.74) is 5.54. The van der Waals surface area contributed by atoms with Crippen LogP contribution < -0.4 is 0 Å². The van der Waals surface area contributed by atoms with E-state index in [1.54, 1.807) is 0 Å². The van der Waals surface area contributed by atoms with Crippen LogP contribution in [0.15, 0.2) is 24.3 Å². The van der Waals surface area contributed by atoms with E-state index in [4.69, 9.17) is 11.6 Å². The van der Waals surface area contributed by atoms with Crippen molar-refractivity contribution in [2.24, 2.45) is 0 Å². The lowest BCUT2D eigenvalue weighted by molar-refractivity contribution is 0.590. The van der Waals surface area contributed by atoms with Gasteiger partial charge in [-0.25, -0.2) is 0 Å². The molecule has 0 atom stereocenters. The lowest BCUT2D eigenvalue weighted by Gasteiger charge is -2.19. The van der Waals surface area contributed by atoms with E-state index in [9.17, 15) is 0 Å². The number of nitrogens with zero attached hydrogens (tertiary/aromatic N) is 2. The monoisotopic (exact) mass is 274 g/mol. The Balaban J connectivity index is 2.46. The number of rotatable bonds is 1. The molecule has 0 spiro atoms. The molecule has 0 aliphatic rings. The van der Waals surface area contributed by atoms with Crippen LogP contribution in [0.3, 0.4) is 0 Å². The Labute approximate surface area is 119 Å². The average molecular weight is 275 g/mol. The van der Waals surface area contributed by atoms with Gasteiger partial charge in [0.2, 0.25) is 0 Å². The van der Waals surface area contributed by atoms with Crippen LogP contribution in [0.1, 0.15) is 37.5 Å². The van der Waals surface area contributed by atoms with Gasteiger partial charge in [-0.15, -0.1) is 10.2 Å². The first kappa shape index (κ1) is 14.0. The van der Waals surface area contributed by atoms with Gasteiger partial charge in [-0.1, -0.05) is 56.6 Å². The second-order valence-corrected chi connectivity index (χ2v) is 6.27. The normalized spacial score (nSPS) is 11.7. The summed E-state index contributed by atoms with van der Waals surface area (Å²) < 4.78 is 0. The Kier molecular flexibility index (Phi) is 3.64. The van der Waals surface area contributed by atoms with Crippen LogP contribution in [0.25, 0.3) is 11.3 Å². The molecule has 0 fully saturated rings. The van der Waals surface area contributed by atoms with E-state index in [1.165, 1.54) is 5.56 Å². The number of hydrogen-bond donors (Lipinski definition) is 0. The van der Waals surface area contributed by atoms with E-state index in [-0.39, 0.29) is 5.41 Å². The number of hydrogen-bond acceptors (Lipinski definition) is 2. The topological polar surface area (TPSA) is 25.8 Å². The predicted molar refractivity (Wildman–Crippen MR) is 80.7 cm³/mol. The van der Waals surface area contributed by atoms with Gasteiger partial charge in [-0.3, -0.25) is 0 Å². The first-order valence-electron chi connectivity index (χ1n) is 6.41. The van der Waals surface area contributed by atoms with Gasteiger partial charge < -0.3 is 0 Å². The molecule has 19 heavy (non-hydrogen) atoms. The molecule has 0 radical (unpaired) electrons. The molecule has 3 heteroatoms. The van der Waals surface area contributed by atoms with Crippen LogP contribution in [0.5, 0.6) is 0 Å². The highest BCUT2D eigenvalue weighted by molar-refractivity contribution is 6.30. The zero-order valence-corrected chi connectivity index (χ0v) is 12.8. The molecular weight excluding hydrogens is 256 g/mol. The van der Waals surface area contributed by atoms with E-state index in [2.05, 4.69) is 55.2 Å². The van der Waals surface area contributed by atoms with Gasteiger partial charge in [0.05, 0.1) is 5.69 Å². The zero-order valence-electron chi connectivity index (χ0n) is 12.1. The molecule has 0 aliphatic heterocycles. The molecule has 0 amide bonds. The molecule has 2 nitrogen and oxygen atoms in total. The van der Waals surface area contributed by atoms with Crippen LogP contribution >= 0.6 is 11.6 Å². The van der Waals surface area contributed by atoms with Gasteiger partial charge in [0.1, 0.15) is 0 Å². The van der Waals surface area contributed by atoms with E-state index in [0.717, 1.165) is 22.4 Å². The standard InChI is InChI=1S/C16H19ClN2/c1-10-11(2)15(17)19-18-14(10)12-6-8-13(9-7-12)16(3,4)5/h6-9H,1-5H3. The molecule has 0 saturated carbocycles. The van der Waals surface area contributed by atoms with Crippen LogP contribution in [0, 0.1) is 13.8 Å². The summed E-state index contributed by atoms with van der Waals surface area (Å²) in [6.07, 6.45) is 0. The van der Waals surface area contributed by atoms with Crippen molar-refractivity contribution in [2.75, 3.05) is 0 Å². The van der Waals surface area contributed by atoms with Crippen molar-refractivity contribution in [3.8, 4) is 11.3 Å². The molecule has 2 aromatic rings. The lowest BCUT2D eigenvalue weighted by Crippen LogP contribution is -2.10. The van der Waals surface area contributed by atoms with Crippen LogP contribution in [-0.4, -0.2) is 10.2 Å². The molecule has 1 aromatic heterocycles. The number of halogens is 1. The van der Waals surface area contributed by atoms with Gasteiger partial charge in [-0.05, 0) is 36.0 Å². The molecule has 0 saturated heterocycles. The maximum absolute atomic E-state index is 5.98. The summed E-state index contributed by atoms with van der Waals surface area (Å²) in [6, 6.07) is 8.51. The third kappa shape index (κ3) is 2.79. The minimum atomic E-state index is 0.162. The van der Waals surface area contributed by atoms with Crippen LogP contribution in [0.4, 0.5) is 0 Å². The Morgan fingerprint density at radius 2 is 1.47 bits per heavy atom. The Hall–Kier alpha value is -1.41. The zero-order chi connectivity index (χ0) is 14.2. The molecule has 0 unspecified atom stereocenters. The molecule has 100 valence electrons. The van der Waals surface area contributed by atoms with Gasteiger partial charge in [0.25, 0.3) is 0 Å². The van der Waals surface area contributed by atoms with Crippen molar-refractivity contribution in [1.29, 1.82) is 0 Å². The maximum atomic E-state index is 5.98. The van der Waals surface area contributed by atoms with E-state index in [0.29, 0.717) is 5.15 Å². The van der Waals surface area contributed by atoms with E-state index >= 15 is 0 Å². The first-order chi connectivity index (χ1) is 8.80. The maximum Gasteiger partial charge on any atom is 0.154 e. The quantitative estimate of drug-likeness (QED) is 0.752. The van der Waals surface area contributed by atoms with Crippen molar-refractivity contribution in [2.45, 2.75) is 40.0 Å². The fourth-order valence-corrected chi connectivity index (χ4v) is 2.16. The second kappa shape index (κ2) is 4.93. The molecule has 2 rings (SSSR count). The summed E-state index contributed by atoms with van der Waals surface area (Å²) in [7, 11) is 0. The fraction of sp³-hybridized carbons (Fsp3) is 0.375. The molecule has 0 aliphatic carbocycles. The summed E-state index contributed by atoms with van der Waals surface area (Å²) in [5, 5.41) is 8.70. The summed E-state index contributed by atoms with van der Waals surface area (Å²) >= 11 is 5.98. The molecule has 0 N–H and O–H groups in total. The van der Waals surface area contributed by atoms with Gasteiger partial charge in [0, 0.05) is 5.56 Å². The number of benzene rings is 1. The summed E-state index contributed by atoms with van der Waals surface area (Å²) in [5.74, 6) is 0. The summed E-state index contributed by atoms with van der Waals surface area (Å²) in [4.78, 5) is 0. The molecular formula is C16H19ClN2. The van der Waals surface area contributed by atoms with Gasteiger partial charge in [-0.2, -0.15) is 0 Å². The van der Waals surface area contributed by atoms with Gasteiger partial charge in [0.15, 0.2) is 5.15 Å². The average Bonchev–Trinajstić information content (AvgIpc) is 2.35. The highest BCUT2D eigenvalue weighted by Crippen LogP contribution is 2.28. The minimum absolute atomic E-state index is 0.162. The smallest absolute Gasteiger partial charge is 0.149 e. The third-order valence-electron chi connectivity index (χ3n) is 3.49. The highest BCUT2D eigenvalue weighted by atomic mass is 35.5.